The fraction of sp³-hybridized carbons (Fsp3) is 0.976. The number of unbranched alkanes of at least 4 members (excludes halogenated alkanes) is 68. The van der Waals surface area contributed by atoms with E-state index in [1.54, 1.807) is 0 Å². The van der Waals surface area contributed by atoms with E-state index < -0.39 is 26.5 Å². The number of nitrogens with zero attached hydrogens (tertiary/aromatic N) is 1. The first-order valence-electron chi connectivity index (χ1n) is 42.8. The maximum Gasteiger partial charge on any atom is 0.472 e. The molecule has 0 aliphatic carbocycles. The van der Waals surface area contributed by atoms with Crippen LogP contribution in [0.2, 0.25) is 0 Å². The summed E-state index contributed by atoms with van der Waals surface area (Å²) in [6.45, 7) is 4.55. The predicted molar refractivity (Wildman–Crippen MR) is 409 cm³/mol. The molecule has 2 unspecified atom stereocenters. The summed E-state index contributed by atoms with van der Waals surface area (Å²) in [6, 6.07) is 0. The molecule has 10 heteroatoms. The summed E-state index contributed by atoms with van der Waals surface area (Å²) in [5, 5.41) is 0. The fourth-order valence-corrected chi connectivity index (χ4v) is 14.4. The third kappa shape index (κ3) is 80.0. The van der Waals surface area contributed by atoms with E-state index in [4.69, 9.17) is 18.5 Å². The first kappa shape index (κ1) is 93.0. The molecule has 0 saturated heterocycles. The Hall–Kier alpha value is -0.990. The van der Waals surface area contributed by atoms with Crippen molar-refractivity contribution in [2.75, 3.05) is 47.5 Å². The number of hydrogen-bond acceptors (Lipinski definition) is 7. The Bertz CT molecular complexity index is 1540. The first-order valence-corrected chi connectivity index (χ1v) is 44.3. The van der Waals surface area contributed by atoms with E-state index in [2.05, 4.69) is 13.8 Å². The molecule has 0 aromatic rings. The van der Waals surface area contributed by atoms with E-state index in [0.717, 1.165) is 38.5 Å². The normalized spacial score (nSPS) is 12.9. The molecule has 562 valence electrons. The predicted octanol–water partition coefficient (Wildman–Crippen LogP) is 28.4. The summed E-state index contributed by atoms with van der Waals surface area (Å²) in [5.74, 6) is -0.763. The molecule has 1 N–H and O–H groups in total. The summed E-state index contributed by atoms with van der Waals surface area (Å²) in [6.07, 6.45) is 95.8. The topological polar surface area (TPSA) is 108 Å². The van der Waals surface area contributed by atoms with Crippen LogP contribution in [0.5, 0.6) is 0 Å². The lowest BCUT2D eigenvalue weighted by Crippen LogP contribution is -2.37. The molecule has 9 nitrogen and oxygen atoms in total. The van der Waals surface area contributed by atoms with Crippen molar-refractivity contribution in [1.29, 1.82) is 0 Å². The summed E-state index contributed by atoms with van der Waals surface area (Å²) in [5.41, 5.74) is 0. The Morgan fingerprint density at radius 1 is 0.287 bits per heavy atom. The maximum atomic E-state index is 12.9. The van der Waals surface area contributed by atoms with Gasteiger partial charge in [0.2, 0.25) is 0 Å². The van der Waals surface area contributed by atoms with Gasteiger partial charge in [-0.3, -0.25) is 18.6 Å². The Kier molecular flexibility index (Phi) is 75.4. The van der Waals surface area contributed by atoms with Gasteiger partial charge in [-0.15, -0.1) is 0 Å². The molecule has 0 amide bonds. The van der Waals surface area contributed by atoms with Gasteiger partial charge in [-0.1, -0.05) is 450 Å². The van der Waals surface area contributed by atoms with Gasteiger partial charge in [0.15, 0.2) is 6.10 Å². The van der Waals surface area contributed by atoms with Crippen LogP contribution in [-0.2, 0) is 32.7 Å². The molecule has 0 rings (SSSR count). The average Bonchev–Trinajstić information content (AvgIpc) is 1.58. The van der Waals surface area contributed by atoms with Crippen LogP contribution in [0.15, 0.2) is 0 Å². The number of hydrogen-bond donors (Lipinski definition) is 1. The standard InChI is InChI=1S/C84H168NO8P/c1-6-8-10-12-14-16-18-20-22-24-26-28-30-32-34-36-38-39-40-41-42-43-44-45-46-47-49-51-53-55-57-59-61-63-65-67-69-71-73-75-77-84(87)93-82(81-92-94(88,89)91-79-78-85(3,4)5)80-90-83(86)76-74-72-70-68-66-64-62-60-58-56-54-52-50-48-37-35-33-31-29-27-25-23-21-19-17-15-13-11-9-7-2/h82H,6-81H2,1-5H3/p+1. The quantitative estimate of drug-likeness (QED) is 0.0278. The number of phosphoric acid groups is 1. The van der Waals surface area contributed by atoms with Gasteiger partial charge in [0.05, 0.1) is 27.7 Å². The minimum atomic E-state index is -4.39. The number of rotatable bonds is 82. The van der Waals surface area contributed by atoms with Crippen molar-refractivity contribution in [3.8, 4) is 0 Å². The first-order chi connectivity index (χ1) is 46.0. The number of likely N-dealkylation sites (N-methyl/N-ethyl adjacent to an activating group) is 1. The summed E-state index contributed by atoms with van der Waals surface area (Å²) in [7, 11) is 1.51. The van der Waals surface area contributed by atoms with E-state index >= 15 is 0 Å². The zero-order chi connectivity index (χ0) is 68.3. The minimum Gasteiger partial charge on any atom is -0.462 e. The zero-order valence-electron chi connectivity index (χ0n) is 64.5. The zero-order valence-corrected chi connectivity index (χ0v) is 65.4. The second-order valence-electron chi connectivity index (χ2n) is 30.9. The van der Waals surface area contributed by atoms with E-state index in [1.165, 1.54) is 411 Å². The highest BCUT2D eigenvalue weighted by atomic mass is 31.2. The van der Waals surface area contributed by atoms with Gasteiger partial charge in [0, 0.05) is 12.8 Å². The molecule has 0 aromatic carbocycles. The van der Waals surface area contributed by atoms with Crippen LogP contribution in [0, 0.1) is 0 Å². The van der Waals surface area contributed by atoms with Crippen LogP contribution >= 0.6 is 7.82 Å². The molecule has 0 aliphatic rings. The van der Waals surface area contributed by atoms with E-state index in [1.807, 2.05) is 21.1 Å². The molecule has 2 atom stereocenters. The molecular weight excluding hydrogens is 1180 g/mol. The number of carbonyl (C=O) groups excluding carboxylic acids is 2. The number of ether oxygens (including phenoxy) is 2. The minimum absolute atomic E-state index is 0.0379. The molecule has 0 radical (unpaired) electrons. The molecule has 0 aliphatic heterocycles. The van der Waals surface area contributed by atoms with E-state index in [-0.39, 0.29) is 25.6 Å². The Balaban J connectivity index is 3.83. The van der Waals surface area contributed by atoms with Gasteiger partial charge >= 0.3 is 19.8 Å². The smallest absolute Gasteiger partial charge is 0.462 e. The third-order valence-electron chi connectivity index (χ3n) is 20.1. The van der Waals surface area contributed by atoms with Crippen LogP contribution in [0.1, 0.15) is 476 Å². The highest BCUT2D eigenvalue weighted by Gasteiger charge is 2.27. The molecule has 0 saturated carbocycles. The summed E-state index contributed by atoms with van der Waals surface area (Å²) < 4.78 is 34.9. The Morgan fingerprint density at radius 3 is 0.681 bits per heavy atom. The SMILES string of the molecule is CCCCCCCCCCCCCCCCCCCCCCCCCCCCCCCCCCCCCCCCCCC(=O)OC(COC(=O)CCCCCCCCCCCCCCCCCCCCCCCCCCCCCCCC)COP(=O)(O)OCC[N+](C)(C)C. The van der Waals surface area contributed by atoms with Crippen molar-refractivity contribution in [2.24, 2.45) is 0 Å². The van der Waals surface area contributed by atoms with Crippen LogP contribution in [0.4, 0.5) is 0 Å². The third-order valence-corrected chi connectivity index (χ3v) is 21.1. The van der Waals surface area contributed by atoms with Crippen LogP contribution in [-0.4, -0.2) is 74.9 Å². The Morgan fingerprint density at radius 2 is 0.479 bits per heavy atom. The van der Waals surface area contributed by atoms with Crippen LogP contribution < -0.4 is 0 Å². The molecular formula is C84H169NO8P+. The van der Waals surface area contributed by atoms with Crippen molar-refractivity contribution in [3.05, 3.63) is 0 Å². The van der Waals surface area contributed by atoms with Gasteiger partial charge < -0.3 is 18.9 Å². The van der Waals surface area contributed by atoms with Crippen molar-refractivity contribution in [3.63, 3.8) is 0 Å². The van der Waals surface area contributed by atoms with Crippen LogP contribution in [0.3, 0.4) is 0 Å². The second kappa shape index (κ2) is 76.2. The molecule has 0 heterocycles. The van der Waals surface area contributed by atoms with Crippen molar-refractivity contribution >= 4 is 19.8 Å². The lowest BCUT2D eigenvalue weighted by atomic mass is 10.0. The molecule has 0 bridgehead atoms. The molecule has 0 fully saturated rings. The lowest BCUT2D eigenvalue weighted by Gasteiger charge is -2.24. The summed E-state index contributed by atoms with van der Waals surface area (Å²) in [4.78, 5) is 36.0. The lowest BCUT2D eigenvalue weighted by molar-refractivity contribution is -0.870. The fourth-order valence-electron chi connectivity index (χ4n) is 13.6. The molecule has 0 spiro atoms. The average molecular weight is 1350 g/mol. The number of phosphoric ester groups is 1. The van der Waals surface area contributed by atoms with Crippen LogP contribution in [0.25, 0.3) is 0 Å². The molecule has 94 heavy (non-hydrogen) atoms. The van der Waals surface area contributed by atoms with Gasteiger partial charge in [0.1, 0.15) is 19.8 Å². The highest BCUT2D eigenvalue weighted by molar-refractivity contribution is 7.47. The Labute approximate surface area is 588 Å². The van der Waals surface area contributed by atoms with Gasteiger partial charge in [-0.05, 0) is 12.8 Å². The van der Waals surface area contributed by atoms with Gasteiger partial charge in [0.25, 0.3) is 0 Å². The van der Waals surface area contributed by atoms with Crippen molar-refractivity contribution in [1.82, 2.24) is 0 Å². The molecule has 0 aromatic heterocycles. The summed E-state index contributed by atoms with van der Waals surface area (Å²) >= 11 is 0. The van der Waals surface area contributed by atoms with Crippen molar-refractivity contribution < 1.29 is 42.1 Å². The van der Waals surface area contributed by atoms with E-state index in [9.17, 15) is 19.0 Å². The van der Waals surface area contributed by atoms with Gasteiger partial charge in [-0.2, -0.15) is 0 Å². The second-order valence-corrected chi connectivity index (χ2v) is 32.4. The number of esters is 2. The highest BCUT2D eigenvalue weighted by Crippen LogP contribution is 2.43. The van der Waals surface area contributed by atoms with Gasteiger partial charge in [-0.25, -0.2) is 4.57 Å². The van der Waals surface area contributed by atoms with Crippen molar-refractivity contribution in [2.45, 2.75) is 482 Å². The van der Waals surface area contributed by atoms with E-state index in [0.29, 0.717) is 17.4 Å². The maximum absolute atomic E-state index is 12.9. The number of carbonyl (C=O) groups is 2. The monoisotopic (exact) mass is 1350 g/mol. The largest absolute Gasteiger partial charge is 0.472 e. The number of quaternary nitrogens is 1.